The minimum atomic E-state index is -3.62. The standard InChI is InChI=1S/C21H25N3O3S/c22-12-17-13-24(14-19(17)15-5-2-1-3-6-15)28(26,27)18-9-10-20-16(11-18)7-4-8-21(25)23-20/h1-3,5-6,9-11,17,19H,4,7-8,12-14,22H2,(H,23,25)/t17-,19+/m1/s1. The molecule has 0 radical (unpaired) electrons. The van der Waals surface area contributed by atoms with Crippen molar-refractivity contribution in [1.82, 2.24) is 4.31 Å². The maximum atomic E-state index is 13.3. The molecule has 2 atom stereocenters. The van der Waals surface area contributed by atoms with Gasteiger partial charge in [0.2, 0.25) is 15.9 Å². The van der Waals surface area contributed by atoms with Crippen molar-refractivity contribution in [2.75, 3.05) is 25.0 Å². The molecule has 1 fully saturated rings. The number of hydrogen-bond donors (Lipinski definition) is 2. The number of nitrogens with two attached hydrogens (primary N) is 1. The summed E-state index contributed by atoms with van der Waals surface area (Å²) in [6.07, 6.45) is 1.87. The smallest absolute Gasteiger partial charge is 0.243 e. The first-order chi connectivity index (χ1) is 13.5. The molecule has 6 nitrogen and oxygen atoms in total. The van der Waals surface area contributed by atoms with E-state index in [2.05, 4.69) is 5.32 Å². The summed E-state index contributed by atoms with van der Waals surface area (Å²) in [6, 6.07) is 15.0. The van der Waals surface area contributed by atoms with Crippen molar-refractivity contribution in [3.05, 3.63) is 59.7 Å². The molecule has 7 heteroatoms. The Bertz CT molecular complexity index is 976. The van der Waals surface area contributed by atoms with Gasteiger partial charge < -0.3 is 11.1 Å². The molecule has 0 saturated carbocycles. The quantitative estimate of drug-likeness (QED) is 0.825. The molecule has 2 aromatic carbocycles. The highest BCUT2D eigenvalue weighted by Gasteiger charge is 2.39. The van der Waals surface area contributed by atoms with E-state index in [0.717, 1.165) is 17.5 Å². The molecule has 0 aromatic heterocycles. The molecule has 28 heavy (non-hydrogen) atoms. The van der Waals surface area contributed by atoms with E-state index in [4.69, 9.17) is 5.73 Å². The first kappa shape index (κ1) is 19.1. The summed E-state index contributed by atoms with van der Waals surface area (Å²) in [5.41, 5.74) is 8.68. The summed E-state index contributed by atoms with van der Waals surface area (Å²) in [5.74, 6) is 0.170. The van der Waals surface area contributed by atoms with Crippen molar-refractivity contribution in [1.29, 1.82) is 0 Å². The van der Waals surface area contributed by atoms with E-state index in [1.807, 2.05) is 30.3 Å². The number of fused-ring (bicyclic) bond motifs is 1. The number of nitrogens with zero attached hydrogens (tertiary/aromatic N) is 1. The lowest BCUT2D eigenvalue weighted by molar-refractivity contribution is -0.116. The maximum absolute atomic E-state index is 13.3. The first-order valence-electron chi connectivity index (χ1n) is 9.67. The largest absolute Gasteiger partial charge is 0.330 e. The minimum Gasteiger partial charge on any atom is -0.330 e. The number of aryl methyl sites for hydroxylation is 1. The van der Waals surface area contributed by atoms with Crippen molar-refractivity contribution < 1.29 is 13.2 Å². The van der Waals surface area contributed by atoms with E-state index in [9.17, 15) is 13.2 Å². The number of hydrogen-bond acceptors (Lipinski definition) is 4. The van der Waals surface area contributed by atoms with Crippen molar-refractivity contribution in [2.45, 2.75) is 30.1 Å². The van der Waals surface area contributed by atoms with Crippen LogP contribution in [0.25, 0.3) is 0 Å². The van der Waals surface area contributed by atoms with Crippen LogP contribution in [0.1, 0.15) is 29.9 Å². The van der Waals surface area contributed by atoms with Gasteiger partial charge in [-0.15, -0.1) is 0 Å². The number of carbonyl (C=O) groups is 1. The Balaban J connectivity index is 1.62. The van der Waals surface area contributed by atoms with Gasteiger partial charge in [-0.2, -0.15) is 4.31 Å². The molecule has 0 aliphatic carbocycles. The van der Waals surface area contributed by atoms with Crippen LogP contribution in [0.15, 0.2) is 53.4 Å². The second kappa shape index (κ2) is 7.66. The molecule has 4 rings (SSSR count). The zero-order chi connectivity index (χ0) is 19.7. The fourth-order valence-corrected chi connectivity index (χ4v) is 5.78. The fraction of sp³-hybridized carbons (Fsp3) is 0.381. The summed E-state index contributed by atoms with van der Waals surface area (Å²) in [6.45, 7) is 1.30. The van der Waals surface area contributed by atoms with E-state index in [1.165, 1.54) is 0 Å². The average molecular weight is 400 g/mol. The highest BCUT2D eigenvalue weighted by Crippen LogP contribution is 2.36. The van der Waals surface area contributed by atoms with Gasteiger partial charge >= 0.3 is 0 Å². The van der Waals surface area contributed by atoms with E-state index in [0.29, 0.717) is 38.2 Å². The predicted octanol–water partition coefficient (Wildman–Crippen LogP) is 2.32. The highest BCUT2D eigenvalue weighted by molar-refractivity contribution is 7.89. The van der Waals surface area contributed by atoms with Crippen LogP contribution in [-0.4, -0.2) is 38.3 Å². The molecule has 2 aromatic rings. The Morgan fingerprint density at radius 3 is 2.61 bits per heavy atom. The van der Waals surface area contributed by atoms with Gasteiger partial charge in [-0.25, -0.2) is 8.42 Å². The fourth-order valence-electron chi connectivity index (χ4n) is 4.21. The van der Waals surface area contributed by atoms with Gasteiger partial charge in [-0.05, 0) is 54.6 Å². The molecule has 2 aliphatic rings. The molecule has 0 unspecified atom stereocenters. The molecule has 1 amide bonds. The van der Waals surface area contributed by atoms with Crippen LogP contribution in [0.3, 0.4) is 0 Å². The van der Waals surface area contributed by atoms with Gasteiger partial charge in [0, 0.05) is 31.1 Å². The van der Waals surface area contributed by atoms with E-state index in [1.54, 1.807) is 22.5 Å². The van der Waals surface area contributed by atoms with E-state index in [-0.39, 0.29) is 22.6 Å². The Morgan fingerprint density at radius 2 is 1.86 bits per heavy atom. The van der Waals surface area contributed by atoms with Crippen molar-refractivity contribution >= 4 is 21.6 Å². The Labute approximate surface area is 165 Å². The summed E-state index contributed by atoms with van der Waals surface area (Å²) < 4.78 is 28.2. The third-order valence-electron chi connectivity index (χ3n) is 5.78. The predicted molar refractivity (Wildman–Crippen MR) is 108 cm³/mol. The highest BCUT2D eigenvalue weighted by atomic mass is 32.2. The van der Waals surface area contributed by atoms with E-state index < -0.39 is 10.0 Å². The van der Waals surface area contributed by atoms with E-state index >= 15 is 0 Å². The molecule has 2 aliphatic heterocycles. The van der Waals surface area contributed by atoms with Crippen molar-refractivity contribution in [2.24, 2.45) is 11.7 Å². The van der Waals surface area contributed by atoms with Gasteiger partial charge in [0.1, 0.15) is 0 Å². The third-order valence-corrected chi connectivity index (χ3v) is 7.60. The number of anilines is 1. The SMILES string of the molecule is NC[C@@H]1CN(S(=O)(=O)c2ccc3c(c2)CCCC(=O)N3)C[C@H]1c1ccccc1. The zero-order valence-corrected chi connectivity index (χ0v) is 16.5. The molecule has 3 N–H and O–H groups in total. The molecular formula is C21H25N3O3S. The summed E-state index contributed by atoms with van der Waals surface area (Å²) in [5, 5.41) is 2.85. The zero-order valence-electron chi connectivity index (χ0n) is 15.7. The maximum Gasteiger partial charge on any atom is 0.243 e. The minimum absolute atomic E-state index is 0.0228. The second-order valence-corrected chi connectivity index (χ2v) is 9.49. The Kier molecular flexibility index (Phi) is 5.23. The molecule has 0 bridgehead atoms. The molecular weight excluding hydrogens is 374 g/mol. The lowest BCUT2D eigenvalue weighted by Gasteiger charge is -2.18. The summed E-state index contributed by atoms with van der Waals surface area (Å²) in [7, 11) is -3.62. The second-order valence-electron chi connectivity index (χ2n) is 7.56. The number of carbonyl (C=O) groups excluding carboxylic acids is 1. The summed E-state index contributed by atoms with van der Waals surface area (Å²) in [4.78, 5) is 12.0. The number of nitrogens with one attached hydrogen (secondary N) is 1. The molecule has 0 spiro atoms. The Hall–Kier alpha value is -2.22. The monoisotopic (exact) mass is 399 g/mol. The van der Waals surface area contributed by atoms with Crippen molar-refractivity contribution in [3.8, 4) is 0 Å². The lowest BCUT2D eigenvalue weighted by atomic mass is 9.89. The van der Waals surface area contributed by atoms with Crippen molar-refractivity contribution in [3.63, 3.8) is 0 Å². The number of benzene rings is 2. The van der Waals surface area contributed by atoms with Crippen LogP contribution in [0.4, 0.5) is 5.69 Å². The molecule has 1 saturated heterocycles. The normalized spacial score (nSPS) is 23.1. The first-order valence-corrected chi connectivity index (χ1v) is 11.1. The topological polar surface area (TPSA) is 92.5 Å². The Morgan fingerprint density at radius 1 is 1.07 bits per heavy atom. The van der Waals surface area contributed by atoms with Crippen LogP contribution in [-0.2, 0) is 21.2 Å². The number of rotatable bonds is 4. The van der Waals surface area contributed by atoms with Crippen LogP contribution < -0.4 is 11.1 Å². The lowest BCUT2D eigenvalue weighted by Crippen LogP contribution is -2.30. The van der Waals surface area contributed by atoms with Gasteiger partial charge in [-0.1, -0.05) is 30.3 Å². The van der Waals surface area contributed by atoms with Crippen LogP contribution in [0, 0.1) is 5.92 Å². The number of sulfonamides is 1. The van der Waals surface area contributed by atoms with Crippen LogP contribution in [0.2, 0.25) is 0 Å². The number of amides is 1. The summed E-state index contributed by atoms with van der Waals surface area (Å²) >= 11 is 0. The van der Waals surface area contributed by atoms with Gasteiger partial charge in [0.25, 0.3) is 0 Å². The van der Waals surface area contributed by atoms with Gasteiger partial charge in [0.05, 0.1) is 4.90 Å². The van der Waals surface area contributed by atoms with Gasteiger partial charge in [-0.3, -0.25) is 4.79 Å². The third kappa shape index (κ3) is 3.57. The van der Waals surface area contributed by atoms with Crippen LogP contribution in [0.5, 0.6) is 0 Å². The van der Waals surface area contributed by atoms with Gasteiger partial charge in [0.15, 0.2) is 0 Å². The van der Waals surface area contributed by atoms with Crippen LogP contribution >= 0.6 is 0 Å². The molecule has 148 valence electrons. The average Bonchev–Trinajstić information content (AvgIpc) is 3.06. The molecule has 2 heterocycles.